The molecule has 28 heavy (non-hydrogen) atoms. The van der Waals surface area contributed by atoms with Crippen LogP contribution in [0.15, 0.2) is 30.5 Å². The highest BCUT2D eigenvalue weighted by Crippen LogP contribution is 2.27. The van der Waals surface area contributed by atoms with E-state index in [1.807, 2.05) is 24.3 Å². The van der Waals surface area contributed by atoms with Crippen LogP contribution < -0.4 is 15.4 Å². The van der Waals surface area contributed by atoms with Gasteiger partial charge in [-0.05, 0) is 25.1 Å². The summed E-state index contributed by atoms with van der Waals surface area (Å²) in [7, 11) is 2.99. The van der Waals surface area contributed by atoms with E-state index < -0.39 is 30.8 Å². The molecule has 2 heterocycles. The predicted octanol–water partition coefficient (Wildman–Crippen LogP) is 0.0465. The maximum atomic E-state index is 10.0. The second kappa shape index (κ2) is 9.46. The third kappa shape index (κ3) is 4.52. The van der Waals surface area contributed by atoms with Gasteiger partial charge in [-0.2, -0.15) is 0 Å². The maximum absolute atomic E-state index is 10.0. The SMILES string of the molecule is COc1cc(NCCCNC2O[C@H](OC)[C@@H](O)[C@H](O)[C@H]2O)c2ncccc2c1. The molecule has 0 amide bonds. The number of methoxy groups -OCH3 is 2. The van der Waals surface area contributed by atoms with Crippen molar-refractivity contribution in [3.8, 4) is 5.75 Å². The van der Waals surface area contributed by atoms with Crippen LogP contribution in [-0.4, -0.2) is 78.4 Å². The van der Waals surface area contributed by atoms with Crippen molar-refractivity contribution in [3.63, 3.8) is 0 Å². The summed E-state index contributed by atoms with van der Waals surface area (Å²) in [6, 6.07) is 7.69. The van der Waals surface area contributed by atoms with Gasteiger partial charge in [-0.15, -0.1) is 0 Å². The van der Waals surface area contributed by atoms with Gasteiger partial charge < -0.3 is 34.8 Å². The summed E-state index contributed by atoms with van der Waals surface area (Å²) in [6.07, 6.45) is -3.26. The van der Waals surface area contributed by atoms with E-state index in [1.165, 1.54) is 7.11 Å². The van der Waals surface area contributed by atoms with Gasteiger partial charge in [0.15, 0.2) is 6.29 Å². The molecule has 154 valence electrons. The van der Waals surface area contributed by atoms with Gasteiger partial charge in [0.2, 0.25) is 0 Å². The minimum absolute atomic E-state index is 0.517. The normalized spacial score (nSPS) is 27.7. The number of fused-ring (bicyclic) bond motifs is 1. The summed E-state index contributed by atoms with van der Waals surface area (Å²) in [4.78, 5) is 4.42. The van der Waals surface area contributed by atoms with Crippen LogP contribution in [0, 0.1) is 0 Å². The Bertz CT molecular complexity index is 774. The topological polar surface area (TPSA) is 125 Å². The summed E-state index contributed by atoms with van der Waals surface area (Å²) in [5, 5.41) is 37.1. The van der Waals surface area contributed by atoms with Crippen LogP contribution in [0.3, 0.4) is 0 Å². The number of hydrogen-bond donors (Lipinski definition) is 5. The molecule has 1 fully saturated rings. The molecule has 9 nitrogen and oxygen atoms in total. The first-order chi connectivity index (χ1) is 13.5. The van der Waals surface area contributed by atoms with Crippen molar-refractivity contribution < 1.29 is 29.5 Å². The molecule has 3 rings (SSSR count). The average Bonchev–Trinajstić information content (AvgIpc) is 2.73. The summed E-state index contributed by atoms with van der Waals surface area (Å²) in [6.45, 7) is 1.16. The Morgan fingerprint density at radius 3 is 2.68 bits per heavy atom. The zero-order valence-corrected chi connectivity index (χ0v) is 15.9. The molecule has 1 aliphatic heterocycles. The third-order valence-electron chi connectivity index (χ3n) is 4.73. The van der Waals surface area contributed by atoms with E-state index in [4.69, 9.17) is 14.2 Å². The quantitative estimate of drug-likeness (QED) is 0.396. The van der Waals surface area contributed by atoms with Gasteiger partial charge in [0, 0.05) is 31.3 Å². The molecule has 0 spiro atoms. The minimum atomic E-state index is -1.34. The minimum Gasteiger partial charge on any atom is -0.497 e. The molecular weight excluding hydrogens is 366 g/mol. The zero-order valence-electron chi connectivity index (χ0n) is 15.9. The van der Waals surface area contributed by atoms with Gasteiger partial charge in [0.25, 0.3) is 0 Å². The first-order valence-corrected chi connectivity index (χ1v) is 9.17. The number of aromatic nitrogens is 1. The Morgan fingerprint density at radius 1 is 1.11 bits per heavy atom. The van der Waals surface area contributed by atoms with Crippen LogP contribution >= 0.6 is 0 Å². The highest BCUT2D eigenvalue weighted by Gasteiger charge is 2.43. The summed E-state index contributed by atoms with van der Waals surface area (Å²) in [5.74, 6) is 0.748. The van der Waals surface area contributed by atoms with Crippen LogP contribution in [0.1, 0.15) is 6.42 Å². The Labute approximate surface area is 163 Å². The van der Waals surface area contributed by atoms with E-state index >= 15 is 0 Å². The highest BCUT2D eigenvalue weighted by molar-refractivity contribution is 5.91. The second-order valence-corrected chi connectivity index (χ2v) is 6.62. The van der Waals surface area contributed by atoms with Crippen molar-refractivity contribution in [1.29, 1.82) is 0 Å². The molecule has 1 aromatic heterocycles. The van der Waals surface area contributed by atoms with Gasteiger partial charge in [0.1, 0.15) is 30.3 Å². The first-order valence-electron chi connectivity index (χ1n) is 9.17. The number of nitrogens with zero attached hydrogens (tertiary/aromatic N) is 1. The fourth-order valence-corrected chi connectivity index (χ4v) is 3.18. The van der Waals surface area contributed by atoms with Gasteiger partial charge in [-0.1, -0.05) is 6.07 Å². The van der Waals surface area contributed by atoms with Gasteiger partial charge in [0.05, 0.1) is 18.3 Å². The predicted molar refractivity (Wildman–Crippen MR) is 103 cm³/mol. The van der Waals surface area contributed by atoms with E-state index in [0.29, 0.717) is 19.5 Å². The lowest BCUT2D eigenvalue weighted by molar-refractivity contribution is -0.295. The standard InChI is InChI=1S/C19H27N3O6/c1-26-12-9-11-5-3-6-21-14(11)13(10-12)20-7-4-8-22-18-16(24)15(23)17(25)19(27-2)28-18/h3,5-6,9-10,15-20,22-25H,4,7-8H2,1-2H3/t15-,16-,17+,18?,19+/m1/s1. The van der Waals surface area contributed by atoms with Crippen LogP contribution in [0.2, 0.25) is 0 Å². The highest BCUT2D eigenvalue weighted by atomic mass is 16.7. The van der Waals surface area contributed by atoms with Crippen LogP contribution in [0.25, 0.3) is 10.9 Å². The Morgan fingerprint density at radius 2 is 1.93 bits per heavy atom. The molecule has 1 aliphatic rings. The molecule has 0 saturated carbocycles. The second-order valence-electron chi connectivity index (χ2n) is 6.62. The molecule has 2 aromatic rings. The number of pyridine rings is 1. The Balaban J connectivity index is 1.52. The smallest absolute Gasteiger partial charge is 0.187 e. The molecule has 1 unspecified atom stereocenters. The Hall–Kier alpha value is -2.01. The molecule has 0 bridgehead atoms. The zero-order chi connectivity index (χ0) is 20.1. The number of aliphatic hydroxyl groups is 3. The van der Waals surface area contributed by atoms with E-state index in [-0.39, 0.29) is 0 Å². The molecule has 0 aliphatic carbocycles. The molecular formula is C19H27N3O6. The van der Waals surface area contributed by atoms with Crippen molar-refractivity contribution in [2.24, 2.45) is 0 Å². The number of nitrogens with one attached hydrogen (secondary N) is 2. The first kappa shape index (κ1) is 20.7. The van der Waals surface area contributed by atoms with Crippen molar-refractivity contribution in [3.05, 3.63) is 30.5 Å². The van der Waals surface area contributed by atoms with Crippen molar-refractivity contribution in [2.45, 2.75) is 37.3 Å². The number of hydrogen-bond acceptors (Lipinski definition) is 9. The fraction of sp³-hybridized carbons (Fsp3) is 0.526. The molecule has 0 radical (unpaired) electrons. The van der Waals surface area contributed by atoms with Gasteiger partial charge in [-0.25, -0.2) is 0 Å². The van der Waals surface area contributed by atoms with Gasteiger partial charge >= 0.3 is 0 Å². The van der Waals surface area contributed by atoms with E-state index in [1.54, 1.807) is 13.3 Å². The third-order valence-corrected chi connectivity index (χ3v) is 4.73. The van der Waals surface area contributed by atoms with Crippen molar-refractivity contribution in [2.75, 3.05) is 32.6 Å². The lowest BCUT2D eigenvalue weighted by Gasteiger charge is -2.40. The molecule has 5 atom stereocenters. The number of benzene rings is 1. The number of anilines is 1. The van der Waals surface area contributed by atoms with Crippen LogP contribution in [0.4, 0.5) is 5.69 Å². The number of rotatable bonds is 8. The van der Waals surface area contributed by atoms with Crippen molar-refractivity contribution in [1.82, 2.24) is 10.3 Å². The van der Waals surface area contributed by atoms with Crippen molar-refractivity contribution >= 4 is 16.6 Å². The lowest BCUT2D eigenvalue weighted by Crippen LogP contribution is -2.62. The van der Waals surface area contributed by atoms with E-state index in [9.17, 15) is 15.3 Å². The fourth-order valence-electron chi connectivity index (χ4n) is 3.18. The summed E-state index contributed by atoms with van der Waals surface area (Å²) in [5.41, 5.74) is 1.74. The van der Waals surface area contributed by atoms with Crippen LogP contribution in [0.5, 0.6) is 5.75 Å². The average molecular weight is 393 g/mol. The molecule has 1 saturated heterocycles. The van der Waals surface area contributed by atoms with Crippen LogP contribution in [-0.2, 0) is 9.47 Å². The van der Waals surface area contributed by atoms with E-state index in [2.05, 4.69) is 15.6 Å². The molecule has 1 aromatic carbocycles. The summed E-state index contributed by atoms with van der Waals surface area (Å²) >= 11 is 0. The maximum Gasteiger partial charge on any atom is 0.187 e. The Kier molecular flexibility index (Phi) is 7.00. The summed E-state index contributed by atoms with van der Waals surface area (Å²) < 4.78 is 15.8. The lowest BCUT2D eigenvalue weighted by atomic mass is 10.0. The number of ether oxygens (including phenoxy) is 3. The number of aliphatic hydroxyl groups excluding tert-OH is 3. The van der Waals surface area contributed by atoms with E-state index in [0.717, 1.165) is 22.3 Å². The monoisotopic (exact) mass is 393 g/mol. The molecule has 5 N–H and O–H groups in total. The van der Waals surface area contributed by atoms with Gasteiger partial charge in [-0.3, -0.25) is 10.3 Å². The molecule has 9 heteroatoms. The largest absolute Gasteiger partial charge is 0.497 e.